The van der Waals surface area contributed by atoms with Crippen LogP contribution in [0.3, 0.4) is 0 Å². The molecule has 0 aliphatic carbocycles. The first-order chi connectivity index (χ1) is 11.5. The minimum Gasteiger partial charge on any atom is -0.360 e. The number of ketones is 1. The highest BCUT2D eigenvalue weighted by Crippen LogP contribution is 2.21. The third kappa shape index (κ3) is 4.45. The second-order valence-electron chi connectivity index (χ2n) is 4.89. The van der Waals surface area contributed by atoms with E-state index in [0.29, 0.717) is 22.0 Å². The van der Waals surface area contributed by atoms with E-state index in [4.69, 9.17) is 16.9 Å². The molecule has 24 heavy (non-hydrogen) atoms. The summed E-state index contributed by atoms with van der Waals surface area (Å²) in [7, 11) is 0. The Labute approximate surface area is 144 Å². The smallest absolute Gasteiger partial charge is 0.267 e. The molecule has 0 bridgehead atoms. The van der Waals surface area contributed by atoms with Crippen LogP contribution in [0.25, 0.3) is 0 Å². The number of nitrogens with zero attached hydrogens (tertiary/aromatic N) is 1. The molecule has 1 amide bonds. The Balaban J connectivity index is 2.13. The number of benzene rings is 2. The van der Waals surface area contributed by atoms with E-state index in [1.54, 1.807) is 48.5 Å². The standard InChI is InChI=1S/C18H14ClN3O2/c1-12(23)13-5-4-6-15(9-13)21-11-14(10-20)18(24)22-17-8-3-2-7-16(17)19/h2-9,11,21H,1H3,(H,22,24)/b14-11-. The van der Waals surface area contributed by atoms with Gasteiger partial charge in [-0.2, -0.15) is 5.26 Å². The Morgan fingerprint density at radius 3 is 2.58 bits per heavy atom. The largest absolute Gasteiger partial charge is 0.360 e. The third-order valence-corrected chi connectivity index (χ3v) is 3.47. The van der Waals surface area contributed by atoms with Gasteiger partial charge in [0, 0.05) is 17.5 Å². The molecule has 2 aromatic carbocycles. The second-order valence-corrected chi connectivity index (χ2v) is 5.29. The predicted octanol–water partition coefficient (Wildman–Crippen LogP) is 4.00. The Bertz CT molecular complexity index is 853. The SMILES string of the molecule is CC(=O)c1cccc(N/C=C(/C#N)C(=O)Nc2ccccc2Cl)c1. The summed E-state index contributed by atoms with van der Waals surface area (Å²) < 4.78 is 0. The third-order valence-electron chi connectivity index (χ3n) is 3.14. The summed E-state index contributed by atoms with van der Waals surface area (Å²) in [6.07, 6.45) is 1.28. The Morgan fingerprint density at radius 1 is 1.17 bits per heavy atom. The van der Waals surface area contributed by atoms with Crippen molar-refractivity contribution >= 4 is 34.7 Å². The van der Waals surface area contributed by atoms with E-state index in [-0.39, 0.29) is 11.4 Å². The van der Waals surface area contributed by atoms with Gasteiger partial charge in [-0.1, -0.05) is 35.9 Å². The molecule has 0 radical (unpaired) electrons. The van der Waals surface area contributed by atoms with Gasteiger partial charge in [0.25, 0.3) is 5.91 Å². The van der Waals surface area contributed by atoms with Crippen molar-refractivity contribution in [2.45, 2.75) is 6.92 Å². The van der Waals surface area contributed by atoms with Crippen LogP contribution in [-0.4, -0.2) is 11.7 Å². The van der Waals surface area contributed by atoms with Crippen LogP contribution in [0.5, 0.6) is 0 Å². The molecule has 0 aromatic heterocycles. The fourth-order valence-corrected chi connectivity index (χ4v) is 2.07. The van der Waals surface area contributed by atoms with Gasteiger partial charge in [-0.05, 0) is 31.2 Å². The van der Waals surface area contributed by atoms with E-state index in [0.717, 1.165) is 0 Å². The van der Waals surface area contributed by atoms with Gasteiger partial charge < -0.3 is 10.6 Å². The minimum absolute atomic E-state index is 0.0698. The molecule has 0 aliphatic heterocycles. The normalized spacial score (nSPS) is 10.6. The van der Waals surface area contributed by atoms with Crippen LogP contribution in [0.4, 0.5) is 11.4 Å². The van der Waals surface area contributed by atoms with E-state index in [1.807, 2.05) is 6.07 Å². The summed E-state index contributed by atoms with van der Waals surface area (Å²) >= 11 is 5.97. The van der Waals surface area contributed by atoms with Crippen LogP contribution >= 0.6 is 11.6 Å². The highest BCUT2D eigenvalue weighted by atomic mass is 35.5. The van der Waals surface area contributed by atoms with Crippen molar-refractivity contribution in [3.8, 4) is 6.07 Å². The molecule has 0 atom stereocenters. The number of nitrogens with one attached hydrogen (secondary N) is 2. The van der Waals surface area contributed by atoms with Gasteiger partial charge in [-0.15, -0.1) is 0 Å². The molecule has 5 nitrogen and oxygen atoms in total. The molecule has 0 unspecified atom stereocenters. The molecule has 0 fully saturated rings. The van der Waals surface area contributed by atoms with E-state index < -0.39 is 5.91 Å². The maximum absolute atomic E-state index is 12.1. The molecule has 0 saturated heterocycles. The highest BCUT2D eigenvalue weighted by molar-refractivity contribution is 6.34. The van der Waals surface area contributed by atoms with Crippen molar-refractivity contribution in [1.29, 1.82) is 5.26 Å². The van der Waals surface area contributed by atoms with Crippen LogP contribution in [0.2, 0.25) is 5.02 Å². The van der Waals surface area contributed by atoms with E-state index in [1.165, 1.54) is 13.1 Å². The van der Waals surface area contributed by atoms with E-state index in [9.17, 15) is 9.59 Å². The summed E-state index contributed by atoms with van der Waals surface area (Å²) in [6, 6.07) is 15.3. The topological polar surface area (TPSA) is 82.0 Å². The number of rotatable bonds is 5. The van der Waals surface area contributed by atoms with E-state index >= 15 is 0 Å². The molecule has 2 aromatic rings. The van der Waals surface area contributed by atoms with Crippen LogP contribution < -0.4 is 10.6 Å². The fourth-order valence-electron chi connectivity index (χ4n) is 1.88. The highest BCUT2D eigenvalue weighted by Gasteiger charge is 2.11. The zero-order valence-electron chi connectivity index (χ0n) is 12.8. The molecule has 2 N–H and O–H groups in total. The lowest BCUT2D eigenvalue weighted by atomic mass is 10.1. The Morgan fingerprint density at radius 2 is 1.92 bits per heavy atom. The lowest BCUT2D eigenvalue weighted by Gasteiger charge is -2.07. The second kappa shape index (κ2) is 7.95. The van der Waals surface area contributed by atoms with Crippen molar-refractivity contribution in [3.63, 3.8) is 0 Å². The first-order valence-corrected chi connectivity index (χ1v) is 7.42. The molecule has 0 aliphatic rings. The zero-order valence-corrected chi connectivity index (χ0v) is 13.6. The minimum atomic E-state index is -0.583. The molecule has 0 spiro atoms. The van der Waals surface area contributed by atoms with Crippen molar-refractivity contribution in [1.82, 2.24) is 0 Å². The Hall–Kier alpha value is -3.10. The first-order valence-electron chi connectivity index (χ1n) is 7.05. The number of para-hydroxylation sites is 1. The number of anilines is 2. The van der Waals surface area contributed by atoms with Crippen LogP contribution in [0.15, 0.2) is 60.3 Å². The number of carbonyl (C=O) groups excluding carboxylic acids is 2. The Kier molecular flexibility index (Phi) is 5.72. The molecule has 0 heterocycles. The van der Waals surface area contributed by atoms with Gasteiger partial charge in [0.1, 0.15) is 11.6 Å². The van der Waals surface area contributed by atoms with Crippen molar-refractivity contribution in [2.75, 3.05) is 10.6 Å². The number of nitriles is 1. The molecule has 0 saturated carbocycles. The average molecular weight is 340 g/mol. The number of carbonyl (C=O) groups is 2. The molecule has 6 heteroatoms. The first kappa shape index (κ1) is 17.3. The fraction of sp³-hybridized carbons (Fsp3) is 0.0556. The number of Topliss-reactive ketones (excluding diaryl/α,β-unsaturated/α-hetero) is 1. The maximum Gasteiger partial charge on any atom is 0.267 e. The van der Waals surface area contributed by atoms with Crippen molar-refractivity contribution in [2.24, 2.45) is 0 Å². The summed E-state index contributed by atoms with van der Waals surface area (Å²) in [4.78, 5) is 23.5. The van der Waals surface area contributed by atoms with Crippen molar-refractivity contribution in [3.05, 3.63) is 70.9 Å². The lowest BCUT2D eigenvalue weighted by molar-refractivity contribution is -0.112. The molecule has 120 valence electrons. The van der Waals surface area contributed by atoms with Gasteiger partial charge in [0.2, 0.25) is 0 Å². The lowest BCUT2D eigenvalue weighted by Crippen LogP contribution is -2.14. The van der Waals surface area contributed by atoms with Gasteiger partial charge in [-0.3, -0.25) is 9.59 Å². The molecular weight excluding hydrogens is 326 g/mol. The monoisotopic (exact) mass is 339 g/mol. The summed E-state index contributed by atoms with van der Waals surface area (Å²) in [5, 5.41) is 15.0. The van der Waals surface area contributed by atoms with Gasteiger partial charge in [0.05, 0.1) is 10.7 Å². The maximum atomic E-state index is 12.1. The van der Waals surface area contributed by atoms with Crippen LogP contribution in [0, 0.1) is 11.3 Å². The summed E-state index contributed by atoms with van der Waals surface area (Å²) in [6.45, 7) is 1.46. The van der Waals surface area contributed by atoms with Crippen LogP contribution in [0.1, 0.15) is 17.3 Å². The molecule has 2 rings (SSSR count). The van der Waals surface area contributed by atoms with Crippen molar-refractivity contribution < 1.29 is 9.59 Å². The summed E-state index contributed by atoms with van der Waals surface area (Å²) in [5.41, 5.74) is 1.43. The predicted molar refractivity (Wildman–Crippen MR) is 93.8 cm³/mol. The van der Waals surface area contributed by atoms with Gasteiger partial charge >= 0.3 is 0 Å². The number of hydrogen-bond acceptors (Lipinski definition) is 4. The van der Waals surface area contributed by atoms with Gasteiger partial charge in [0.15, 0.2) is 5.78 Å². The van der Waals surface area contributed by atoms with Crippen LogP contribution in [-0.2, 0) is 4.79 Å². The molecular formula is C18H14ClN3O2. The number of halogens is 1. The number of amides is 1. The zero-order chi connectivity index (χ0) is 17.5. The summed E-state index contributed by atoms with van der Waals surface area (Å²) in [5.74, 6) is -0.652. The quantitative estimate of drug-likeness (QED) is 0.490. The number of hydrogen-bond donors (Lipinski definition) is 2. The average Bonchev–Trinajstić information content (AvgIpc) is 2.57. The van der Waals surface area contributed by atoms with Gasteiger partial charge in [-0.25, -0.2) is 0 Å². The van der Waals surface area contributed by atoms with E-state index in [2.05, 4.69) is 10.6 Å².